The maximum absolute atomic E-state index is 6.20. The lowest BCUT2D eigenvalue weighted by molar-refractivity contribution is 0.306. The van der Waals surface area contributed by atoms with Gasteiger partial charge in [0, 0.05) is 27.6 Å². The van der Waals surface area contributed by atoms with Gasteiger partial charge in [0.1, 0.15) is 12.4 Å². The van der Waals surface area contributed by atoms with Gasteiger partial charge in [-0.2, -0.15) is 14.9 Å². The van der Waals surface area contributed by atoms with E-state index in [1.165, 1.54) is 0 Å². The molecule has 0 spiro atoms. The van der Waals surface area contributed by atoms with E-state index >= 15 is 0 Å². The van der Waals surface area contributed by atoms with E-state index in [1.807, 2.05) is 37.3 Å². The van der Waals surface area contributed by atoms with Gasteiger partial charge in [0.25, 0.3) is 0 Å². The fourth-order valence-corrected chi connectivity index (χ4v) is 2.97. The lowest BCUT2D eigenvalue weighted by atomic mass is 10.2. The Morgan fingerprint density at radius 1 is 1.27 bits per heavy atom. The summed E-state index contributed by atoms with van der Waals surface area (Å²) >= 11 is 17.3. The molecule has 8 heteroatoms. The second kappa shape index (κ2) is 8.49. The van der Waals surface area contributed by atoms with Crippen LogP contribution < -0.4 is 4.74 Å². The Morgan fingerprint density at radius 2 is 2.08 bits per heavy atom. The lowest BCUT2D eigenvalue weighted by Crippen LogP contribution is -2.01. The highest BCUT2D eigenvalue weighted by atomic mass is 35.5. The molecule has 3 aromatic rings. The number of nitrogens with zero attached hydrogens (tertiary/aromatic N) is 3. The number of nitrogens with one attached hydrogen (secondary N) is 1. The van der Waals surface area contributed by atoms with Crippen LogP contribution in [0.4, 0.5) is 0 Å². The minimum atomic E-state index is 0.326. The van der Waals surface area contributed by atoms with Crippen LogP contribution >= 0.6 is 35.4 Å². The molecule has 0 bridgehead atoms. The highest BCUT2D eigenvalue weighted by Gasteiger charge is 2.06. The van der Waals surface area contributed by atoms with Gasteiger partial charge >= 0.3 is 0 Å². The zero-order valence-corrected chi connectivity index (χ0v) is 16.3. The summed E-state index contributed by atoms with van der Waals surface area (Å²) in [6.07, 6.45) is 2.42. The van der Waals surface area contributed by atoms with Crippen molar-refractivity contribution in [1.29, 1.82) is 0 Å². The molecule has 0 radical (unpaired) electrons. The van der Waals surface area contributed by atoms with Crippen molar-refractivity contribution in [1.82, 2.24) is 14.9 Å². The van der Waals surface area contributed by atoms with E-state index in [-0.39, 0.29) is 0 Å². The monoisotopic (exact) mass is 406 g/mol. The number of para-hydroxylation sites is 1. The molecule has 1 N–H and O–H groups in total. The van der Waals surface area contributed by atoms with Gasteiger partial charge in [0.2, 0.25) is 4.77 Å². The van der Waals surface area contributed by atoms with Crippen molar-refractivity contribution in [2.24, 2.45) is 5.10 Å². The third-order valence-electron chi connectivity index (χ3n) is 3.66. The Kier molecular flexibility index (Phi) is 6.08. The molecule has 0 aliphatic rings. The first kappa shape index (κ1) is 18.6. The number of hydrogen-bond donors (Lipinski definition) is 1. The molecule has 0 aliphatic heterocycles. The van der Waals surface area contributed by atoms with Crippen LogP contribution in [0.15, 0.2) is 47.6 Å². The molecule has 0 saturated carbocycles. The fourth-order valence-electron chi connectivity index (χ4n) is 2.31. The Bertz CT molecular complexity index is 997. The Morgan fingerprint density at radius 3 is 2.85 bits per heavy atom. The van der Waals surface area contributed by atoms with Crippen molar-refractivity contribution in [3.63, 3.8) is 0 Å². The summed E-state index contributed by atoms with van der Waals surface area (Å²) in [5.41, 5.74) is 1.68. The molecule has 0 unspecified atom stereocenters. The maximum atomic E-state index is 6.20. The molecule has 2 aromatic carbocycles. The zero-order valence-electron chi connectivity index (χ0n) is 13.9. The maximum Gasteiger partial charge on any atom is 0.216 e. The number of rotatable bonds is 6. The standard InChI is InChI=1S/C18H16Cl2N4OS/c1-2-17-22-23-18(26)24(17)21-10-12-5-3-4-6-16(12)25-11-13-7-8-14(19)9-15(13)20/h3-10H,2,11H2,1H3,(H,23,26). The lowest BCUT2D eigenvalue weighted by Gasteiger charge is -2.10. The fraction of sp³-hybridized carbons (Fsp3) is 0.167. The summed E-state index contributed by atoms with van der Waals surface area (Å²) in [5.74, 6) is 1.45. The number of H-pyrrole nitrogens is 1. The number of aromatic amines is 1. The second-order valence-electron chi connectivity index (χ2n) is 5.42. The van der Waals surface area contributed by atoms with Crippen molar-refractivity contribution in [3.05, 3.63) is 74.2 Å². The number of hydrogen-bond acceptors (Lipinski definition) is 4. The first-order valence-electron chi connectivity index (χ1n) is 7.95. The van der Waals surface area contributed by atoms with Gasteiger partial charge in [-0.3, -0.25) is 5.10 Å². The van der Waals surface area contributed by atoms with Gasteiger partial charge in [-0.15, -0.1) is 0 Å². The van der Waals surface area contributed by atoms with Crippen LogP contribution in [0.3, 0.4) is 0 Å². The average Bonchev–Trinajstić information content (AvgIpc) is 2.99. The van der Waals surface area contributed by atoms with Crippen LogP contribution in [0.2, 0.25) is 10.0 Å². The van der Waals surface area contributed by atoms with Gasteiger partial charge < -0.3 is 4.74 Å². The quantitative estimate of drug-likeness (QED) is 0.447. The summed E-state index contributed by atoms with van der Waals surface area (Å²) in [5, 5.41) is 12.5. The van der Waals surface area contributed by atoms with E-state index in [4.69, 9.17) is 40.2 Å². The number of benzene rings is 2. The van der Waals surface area contributed by atoms with Gasteiger partial charge in [-0.25, -0.2) is 0 Å². The Labute approximate surface area is 166 Å². The minimum Gasteiger partial charge on any atom is -0.488 e. The van der Waals surface area contributed by atoms with Crippen molar-refractivity contribution < 1.29 is 4.74 Å². The van der Waals surface area contributed by atoms with Crippen molar-refractivity contribution in [3.8, 4) is 5.75 Å². The highest BCUT2D eigenvalue weighted by molar-refractivity contribution is 7.71. The van der Waals surface area contributed by atoms with Gasteiger partial charge in [-0.05, 0) is 36.5 Å². The Hall–Kier alpha value is -2.15. The predicted molar refractivity (Wildman–Crippen MR) is 107 cm³/mol. The van der Waals surface area contributed by atoms with Crippen LogP contribution in [0.5, 0.6) is 5.75 Å². The molecule has 26 heavy (non-hydrogen) atoms. The van der Waals surface area contributed by atoms with Gasteiger partial charge in [-0.1, -0.05) is 48.3 Å². The summed E-state index contributed by atoms with van der Waals surface area (Å²) in [6.45, 7) is 2.32. The van der Waals surface area contributed by atoms with E-state index < -0.39 is 0 Å². The molecule has 0 atom stereocenters. The molecule has 134 valence electrons. The molecular weight excluding hydrogens is 391 g/mol. The van der Waals surface area contributed by atoms with Gasteiger partial charge in [0.15, 0.2) is 5.82 Å². The normalized spacial score (nSPS) is 11.2. The van der Waals surface area contributed by atoms with Gasteiger partial charge in [0.05, 0.1) is 6.21 Å². The second-order valence-corrected chi connectivity index (χ2v) is 6.65. The van der Waals surface area contributed by atoms with Crippen molar-refractivity contribution in [2.45, 2.75) is 20.0 Å². The predicted octanol–water partition coefficient (Wildman–Crippen LogP) is 5.27. The van der Waals surface area contributed by atoms with Crippen LogP contribution in [0, 0.1) is 4.77 Å². The van der Waals surface area contributed by atoms with E-state index in [1.54, 1.807) is 23.0 Å². The van der Waals surface area contributed by atoms with E-state index in [2.05, 4.69) is 15.3 Å². The van der Waals surface area contributed by atoms with E-state index in [0.29, 0.717) is 27.2 Å². The number of aryl methyl sites for hydroxylation is 1. The van der Waals surface area contributed by atoms with E-state index in [0.717, 1.165) is 23.4 Å². The van der Waals surface area contributed by atoms with E-state index in [9.17, 15) is 0 Å². The Balaban J connectivity index is 1.81. The number of aromatic nitrogens is 3. The molecule has 1 heterocycles. The smallest absolute Gasteiger partial charge is 0.216 e. The molecule has 0 fully saturated rings. The SMILES string of the molecule is CCc1n[nH]c(=S)n1N=Cc1ccccc1OCc1ccc(Cl)cc1Cl. The molecule has 1 aromatic heterocycles. The summed E-state index contributed by atoms with van der Waals surface area (Å²) < 4.78 is 7.97. The van der Waals surface area contributed by atoms with Crippen LogP contribution in [-0.4, -0.2) is 21.1 Å². The molecule has 0 saturated heterocycles. The van der Waals surface area contributed by atoms with Crippen LogP contribution in [0.25, 0.3) is 0 Å². The molecule has 0 aliphatic carbocycles. The van der Waals surface area contributed by atoms with Crippen molar-refractivity contribution in [2.75, 3.05) is 0 Å². The summed E-state index contributed by atoms with van der Waals surface area (Å²) in [7, 11) is 0. The van der Waals surface area contributed by atoms with Crippen molar-refractivity contribution >= 4 is 41.6 Å². The summed E-state index contributed by atoms with van der Waals surface area (Å²) in [4.78, 5) is 0. The molecule has 5 nitrogen and oxygen atoms in total. The number of ether oxygens (including phenoxy) is 1. The first-order valence-corrected chi connectivity index (χ1v) is 9.11. The molecular formula is C18H16Cl2N4OS. The zero-order chi connectivity index (χ0) is 18.5. The largest absolute Gasteiger partial charge is 0.488 e. The number of halogens is 2. The average molecular weight is 407 g/mol. The van der Waals surface area contributed by atoms with Crippen LogP contribution in [0.1, 0.15) is 23.9 Å². The topological polar surface area (TPSA) is 55.2 Å². The third-order valence-corrected chi connectivity index (χ3v) is 4.51. The first-order chi connectivity index (χ1) is 12.6. The summed E-state index contributed by atoms with van der Waals surface area (Å²) in [6, 6.07) is 12.9. The highest BCUT2D eigenvalue weighted by Crippen LogP contribution is 2.24. The third kappa shape index (κ3) is 4.33. The minimum absolute atomic E-state index is 0.326. The van der Waals surface area contributed by atoms with Crippen LogP contribution in [-0.2, 0) is 13.0 Å². The molecule has 0 amide bonds. The molecule has 3 rings (SSSR count).